The van der Waals surface area contributed by atoms with Gasteiger partial charge in [0.15, 0.2) is 0 Å². The van der Waals surface area contributed by atoms with Crippen LogP contribution in [0.1, 0.15) is 63.8 Å². The molecule has 3 aromatic carbocycles. The molecule has 0 heterocycles. The van der Waals surface area contributed by atoms with Gasteiger partial charge in [0.25, 0.3) is 0 Å². The first-order valence-electron chi connectivity index (χ1n) is 14.4. The second-order valence-electron chi connectivity index (χ2n) is 10.5. The van der Waals surface area contributed by atoms with E-state index in [-0.39, 0.29) is 5.41 Å². The SMILES string of the molecule is C=C/C(=C\C(=C)/C(C)=C/C1=C(C)c2ccccc2C1(C)C)CN=C(/C=C(\N)c1ccccc1)c1ccccc1.CC. The zero-order valence-corrected chi connectivity index (χ0v) is 25.5. The number of hydrogen-bond donors (Lipinski definition) is 1. The maximum atomic E-state index is 6.45. The fourth-order valence-electron chi connectivity index (χ4n) is 5.09. The van der Waals surface area contributed by atoms with Gasteiger partial charge in [-0.1, -0.05) is 144 Å². The van der Waals surface area contributed by atoms with Crippen molar-refractivity contribution >= 4 is 17.0 Å². The summed E-state index contributed by atoms with van der Waals surface area (Å²) in [5.41, 5.74) is 18.3. The third kappa shape index (κ3) is 7.41. The highest BCUT2D eigenvalue weighted by Crippen LogP contribution is 2.46. The van der Waals surface area contributed by atoms with Crippen LogP contribution in [0.3, 0.4) is 0 Å². The average molecular weight is 541 g/mol. The zero-order chi connectivity index (χ0) is 30.0. The van der Waals surface area contributed by atoms with Crippen LogP contribution in [-0.2, 0) is 5.41 Å². The predicted molar refractivity (Wildman–Crippen MR) is 181 cm³/mol. The normalized spacial score (nSPS) is 15.2. The average Bonchev–Trinajstić information content (AvgIpc) is 3.20. The molecule has 0 fully saturated rings. The minimum atomic E-state index is -0.0485. The molecule has 2 heteroatoms. The molecule has 0 radical (unpaired) electrons. The summed E-state index contributed by atoms with van der Waals surface area (Å²) in [5, 5.41) is 0. The molecular formula is C39H44N2. The van der Waals surface area contributed by atoms with Gasteiger partial charge in [0.2, 0.25) is 0 Å². The number of nitrogens with two attached hydrogens (primary N) is 1. The highest BCUT2D eigenvalue weighted by Gasteiger charge is 2.34. The van der Waals surface area contributed by atoms with Crippen LogP contribution in [-0.4, -0.2) is 12.3 Å². The lowest BCUT2D eigenvalue weighted by Crippen LogP contribution is -2.16. The first-order chi connectivity index (χ1) is 19.7. The van der Waals surface area contributed by atoms with E-state index in [1.165, 1.54) is 22.3 Å². The van der Waals surface area contributed by atoms with Crippen LogP contribution in [0.15, 0.2) is 150 Å². The van der Waals surface area contributed by atoms with Crippen LogP contribution in [0, 0.1) is 0 Å². The molecule has 4 rings (SSSR count). The van der Waals surface area contributed by atoms with Gasteiger partial charge in [0.05, 0.1) is 12.3 Å². The van der Waals surface area contributed by atoms with E-state index in [0.29, 0.717) is 12.2 Å². The van der Waals surface area contributed by atoms with Gasteiger partial charge in [-0.05, 0) is 70.0 Å². The Morgan fingerprint density at radius 2 is 1.41 bits per heavy atom. The Hall–Kier alpha value is -4.43. The van der Waals surface area contributed by atoms with E-state index in [4.69, 9.17) is 10.7 Å². The minimum absolute atomic E-state index is 0.0485. The highest BCUT2D eigenvalue weighted by molar-refractivity contribution is 6.12. The molecule has 210 valence electrons. The summed E-state index contributed by atoms with van der Waals surface area (Å²) in [7, 11) is 0. The zero-order valence-electron chi connectivity index (χ0n) is 25.5. The number of aliphatic imine (C=N–C) groups is 1. The molecule has 0 spiro atoms. The summed E-state index contributed by atoms with van der Waals surface area (Å²) in [6.45, 7) is 21.8. The summed E-state index contributed by atoms with van der Waals surface area (Å²) in [6.07, 6.45) is 8.17. The lowest BCUT2D eigenvalue weighted by Gasteiger charge is -2.23. The largest absolute Gasteiger partial charge is 0.398 e. The Balaban J connectivity index is 0.00000226. The standard InChI is InChI=1S/C37H38N2.C2H6/c1-7-29(22-26(2)27(3)23-34-28(4)32-20-14-15-21-33(32)37(34,5)6)25-39-36(31-18-12-9-13-19-31)24-35(38)30-16-10-8-11-17-30;1-2/h7-24H,1-2,25,38H2,3-6H3;1-2H3/b27-23+,29-22+,35-24-,39-36?;. The summed E-state index contributed by atoms with van der Waals surface area (Å²) in [4.78, 5) is 4.96. The number of allylic oxidation sites excluding steroid dienone is 7. The monoisotopic (exact) mass is 540 g/mol. The first kappa shape index (κ1) is 31.1. The van der Waals surface area contributed by atoms with Gasteiger partial charge in [-0.2, -0.15) is 0 Å². The second-order valence-corrected chi connectivity index (χ2v) is 10.5. The molecule has 0 atom stereocenters. The topological polar surface area (TPSA) is 38.4 Å². The minimum Gasteiger partial charge on any atom is -0.398 e. The summed E-state index contributed by atoms with van der Waals surface area (Å²) < 4.78 is 0. The maximum absolute atomic E-state index is 6.45. The van der Waals surface area contributed by atoms with Crippen molar-refractivity contribution in [2.24, 2.45) is 10.7 Å². The third-order valence-corrected chi connectivity index (χ3v) is 7.47. The molecule has 3 aromatic rings. The number of rotatable bonds is 9. The van der Waals surface area contributed by atoms with Crippen molar-refractivity contribution in [2.45, 2.75) is 47.0 Å². The first-order valence-corrected chi connectivity index (χ1v) is 14.4. The maximum Gasteiger partial charge on any atom is 0.0671 e. The van der Waals surface area contributed by atoms with Gasteiger partial charge >= 0.3 is 0 Å². The predicted octanol–water partition coefficient (Wildman–Crippen LogP) is 9.88. The van der Waals surface area contributed by atoms with Crippen LogP contribution in [0.5, 0.6) is 0 Å². The van der Waals surface area contributed by atoms with Gasteiger partial charge in [-0.25, -0.2) is 0 Å². The molecule has 0 unspecified atom stereocenters. The van der Waals surface area contributed by atoms with E-state index in [2.05, 4.69) is 77.3 Å². The second kappa shape index (κ2) is 14.3. The lowest BCUT2D eigenvalue weighted by atomic mass is 9.80. The molecule has 0 saturated carbocycles. The Morgan fingerprint density at radius 1 is 0.854 bits per heavy atom. The Bertz CT molecular complexity index is 1520. The van der Waals surface area contributed by atoms with Crippen molar-refractivity contribution in [3.8, 4) is 0 Å². The van der Waals surface area contributed by atoms with Crippen molar-refractivity contribution in [1.29, 1.82) is 0 Å². The molecule has 0 aromatic heterocycles. The van der Waals surface area contributed by atoms with Crippen LogP contribution in [0.4, 0.5) is 0 Å². The Kier molecular flexibility index (Phi) is 10.8. The van der Waals surface area contributed by atoms with E-state index >= 15 is 0 Å². The molecule has 0 bridgehead atoms. The van der Waals surface area contributed by atoms with Gasteiger partial charge in [-0.15, -0.1) is 0 Å². The van der Waals surface area contributed by atoms with Crippen molar-refractivity contribution in [3.05, 3.63) is 167 Å². The molecule has 0 amide bonds. The van der Waals surface area contributed by atoms with Crippen molar-refractivity contribution < 1.29 is 0 Å². The molecular weight excluding hydrogens is 496 g/mol. The molecule has 1 aliphatic carbocycles. The molecule has 2 N–H and O–H groups in total. The van der Waals surface area contributed by atoms with E-state index in [9.17, 15) is 0 Å². The number of nitrogens with zero attached hydrogens (tertiary/aromatic N) is 1. The molecule has 2 nitrogen and oxygen atoms in total. The Labute approximate surface area is 247 Å². The van der Waals surface area contributed by atoms with E-state index in [0.717, 1.165) is 33.6 Å². The Morgan fingerprint density at radius 3 is 2.00 bits per heavy atom. The van der Waals surface area contributed by atoms with Gasteiger partial charge in [-0.3, -0.25) is 4.99 Å². The number of hydrogen-bond acceptors (Lipinski definition) is 2. The quantitative estimate of drug-likeness (QED) is 0.213. The summed E-state index contributed by atoms with van der Waals surface area (Å²) in [6, 6.07) is 28.8. The van der Waals surface area contributed by atoms with Gasteiger partial charge in [0.1, 0.15) is 0 Å². The fraction of sp³-hybridized carbons (Fsp3) is 0.205. The van der Waals surface area contributed by atoms with E-state index in [1.54, 1.807) is 0 Å². The molecule has 41 heavy (non-hydrogen) atoms. The lowest BCUT2D eigenvalue weighted by molar-refractivity contribution is 0.653. The van der Waals surface area contributed by atoms with Gasteiger partial charge < -0.3 is 5.73 Å². The van der Waals surface area contributed by atoms with Crippen molar-refractivity contribution in [1.82, 2.24) is 0 Å². The third-order valence-electron chi connectivity index (χ3n) is 7.47. The van der Waals surface area contributed by atoms with Crippen molar-refractivity contribution in [2.75, 3.05) is 6.54 Å². The molecule has 0 aliphatic heterocycles. The summed E-state index contributed by atoms with van der Waals surface area (Å²) >= 11 is 0. The fourth-order valence-corrected chi connectivity index (χ4v) is 5.09. The van der Waals surface area contributed by atoms with Crippen LogP contribution < -0.4 is 5.73 Å². The van der Waals surface area contributed by atoms with Crippen LogP contribution >= 0.6 is 0 Å². The number of benzene rings is 3. The molecule has 0 saturated heterocycles. The van der Waals surface area contributed by atoms with E-state index < -0.39 is 0 Å². The molecule has 1 aliphatic rings. The number of fused-ring (bicyclic) bond motifs is 1. The van der Waals surface area contributed by atoms with Crippen LogP contribution in [0.25, 0.3) is 11.3 Å². The summed E-state index contributed by atoms with van der Waals surface area (Å²) in [5.74, 6) is 0. The van der Waals surface area contributed by atoms with Gasteiger partial charge in [0, 0.05) is 11.1 Å². The smallest absolute Gasteiger partial charge is 0.0671 e. The van der Waals surface area contributed by atoms with E-state index in [1.807, 2.05) is 86.7 Å². The highest BCUT2D eigenvalue weighted by atomic mass is 14.7. The van der Waals surface area contributed by atoms with Crippen LogP contribution in [0.2, 0.25) is 0 Å². The van der Waals surface area contributed by atoms with Crippen molar-refractivity contribution in [3.63, 3.8) is 0 Å².